The fourth-order valence-corrected chi connectivity index (χ4v) is 2.02. The molecule has 0 bridgehead atoms. The number of hydrogen-bond acceptors (Lipinski definition) is 3. The van der Waals surface area contributed by atoms with Crippen LogP contribution in [0, 0.1) is 0 Å². The molecule has 1 atom stereocenters. The summed E-state index contributed by atoms with van der Waals surface area (Å²) in [6.07, 6.45) is 0.416. The zero-order valence-corrected chi connectivity index (χ0v) is 8.97. The summed E-state index contributed by atoms with van der Waals surface area (Å²) >= 11 is -1.47. The SMILES string of the molecule is CCN(CC)C(=O)[S+]([O-])CCCO. The largest absolute Gasteiger partial charge is 0.608 e. The van der Waals surface area contributed by atoms with Gasteiger partial charge in [0, 0.05) is 37.3 Å². The normalized spacial score (nSPS) is 12.6. The first-order valence-corrected chi connectivity index (χ1v) is 5.77. The van der Waals surface area contributed by atoms with Gasteiger partial charge in [0.2, 0.25) is 0 Å². The van der Waals surface area contributed by atoms with Gasteiger partial charge in [0.15, 0.2) is 0 Å². The summed E-state index contributed by atoms with van der Waals surface area (Å²) in [5, 5.41) is 8.17. The smallest absolute Gasteiger partial charge is 0.429 e. The molecule has 78 valence electrons. The molecule has 0 aliphatic carbocycles. The summed E-state index contributed by atoms with van der Waals surface area (Å²) in [4.78, 5) is 12.9. The summed E-state index contributed by atoms with van der Waals surface area (Å²) in [5.41, 5.74) is 0. The van der Waals surface area contributed by atoms with Crippen LogP contribution in [0.5, 0.6) is 0 Å². The maximum absolute atomic E-state index is 11.4. The van der Waals surface area contributed by atoms with Crippen LogP contribution in [0.4, 0.5) is 4.79 Å². The van der Waals surface area contributed by atoms with Gasteiger partial charge >= 0.3 is 5.24 Å². The molecular weight excluding hydrogens is 190 g/mol. The van der Waals surface area contributed by atoms with Crippen LogP contribution < -0.4 is 0 Å². The topological polar surface area (TPSA) is 63.6 Å². The molecule has 0 saturated heterocycles. The Hall–Kier alpha value is -0.260. The van der Waals surface area contributed by atoms with Crippen molar-refractivity contribution in [1.29, 1.82) is 0 Å². The monoisotopic (exact) mass is 207 g/mol. The van der Waals surface area contributed by atoms with Crippen LogP contribution in [0.15, 0.2) is 0 Å². The van der Waals surface area contributed by atoms with Crippen molar-refractivity contribution in [2.24, 2.45) is 0 Å². The van der Waals surface area contributed by atoms with E-state index in [9.17, 15) is 9.35 Å². The molecule has 1 amide bonds. The fraction of sp³-hybridized carbons (Fsp3) is 0.875. The quantitative estimate of drug-likeness (QED) is 0.671. The summed E-state index contributed by atoms with van der Waals surface area (Å²) in [6.45, 7) is 4.85. The standard InChI is InChI=1S/C8H17NO3S/c1-3-9(4-2)8(11)13(12)7-5-6-10/h10H,3-7H2,1-2H3. The average Bonchev–Trinajstić information content (AvgIpc) is 2.15. The minimum atomic E-state index is -1.47. The maximum atomic E-state index is 11.4. The first-order chi connectivity index (χ1) is 6.17. The van der Waals surface area contributed by atoms with Gasteiger partial charge in [-0.25, -0.2) is 4.79 Å². The number of nitrogens with zero attached hydrogens (tertiary/aromatic N) is 1. The molecular formula is C8H17NO3S. The first kappa shape index (κ1) is 12.7. The lowest BCUT2D eigenvalue weighted by Gasteiger charge is -2.18. The van der Waals surface area contributed by atoms with Crippen molar-refractivity contribution in [3.8, 4) is 0 Å². The van der Waals surface area contributed by atoms with E-state index in [0.717, 1.165) is 0 Å². The Kier molecular flexibility index (Phi) is 7.03. The van der Waals surface area contributed by atoms with E-state index in [1.54, 1.807) is 0 Å². The molecule has 5 heteroatoms. The Morgan fingerprint density at radius 3 is 2.38 bits per heavy atom. The third-order valence-corrected chi connectivity index (χ3v) is 3.01. The molecule has 0 saturated carbocycles. The minimum absolute atomic E-state index is 0.0166. The Bertz CT molecular complexity index is 150. The van der Waals surface area contributed by atoms with E-state index in [-0.39, 0.29) is 17.6 Å². The van der Waals surface area contributed by atoms with Crippen LogP contribution in [-0.4, -0.2) is 45.2 Å². The van der Waals surface area contributed by atoms with Crippen LogP contribution in [0.2, 0.25) is 0 Å². The number of hydrogen-bond donors (Lipinski definition) is 1. The van der Waals surface area contributed by atoms with Crippen molar-refractivity contribution in [1.82, 2.24) is 4.90 Å². The number of aliphatic hydroxyl groups is 1. The van der Waals surface area contributed by atoms with E-state index in [0.29, 0.717) is 19.5 Å². The average molecular weight is 207 g/mol. The van der Waals surface area contributed by atoms with E-state index >= 15 is 0 Å². The molecule has 0 aromatic rings. The van der Waals surface area contributed by atoms with Crippen LogP contribution >= 0.6 is 0 Å². The minimum Gasteiger partial charge on any atom is -0.608 e. The summed E-state index contributed by atoms with van der Waals surface area (Å²) < 4.78 is 11.3. The predicted octanol–water partition coefficient (Wildman–Crippen LogP) is 0.579. The van der Waals surface area contributed by atoms with Crippen LogP contribution in [0.1, 0.15) is 20.3 Å². The zero-order chi connectivity index (χ0) is 10.3. The van der Waals surface area contributed by atoms with Gasteiger partial charge in [-0.3, -0.25) is 4.90 Å². The highest BCUT2D eigenvalue weighted by atomic mass is 32.2. The van der Waals surface area contributed by atoms with Crippen molar-refractivity contribution < 1.29 is 14.5 Å². The van der Waals surface area contributed by atoms with Gasteiger partial charge in [-0.05, 0) is 13.8 Å². The van der Waals surface area contributed by atoms with Crippen LogP contribution in [0.25, 0.3) is 0 Å². The van der Waals surface area contributed by atoms with Gasteiger partial charge in [-0.2, -0.15) is 0 Å². The van der Waals surface area contributed by atoms with Gasteiger partial charge in [-0.15, -0.1) is 0 Å². The Morgan fingerprint density at radius 2 is 2.00 bits per heavy atom. The zero-order valence-electron chi connectivity index (χ0n) is 8.15. The number of carbonyl (C=O) groups excluding carboxylic acids is 1. The predicted molar refractivity (Wildman–Crippen MR) is 53.0 cm³/mol. The van der Waals surface area contributed by atoms with Gasteiger partial charge in [0.05, 0.1) is 0 Å². The van der Waals surface area contributed by atoms with E-state index in [1.807, 2.05) is 13.8 Å². The van der Waals surface area contributed by atoms with Gasteiger partial charge in [-0.1, -0.05) is 0 Å². The van der Waals surface area contributed by atoms with Crippen molar-refractivity contribution in [2.75, 3.05) is 25.4 Å². The Morgan fingerprint density at radius 1 is 1.46 bits per heavy atom. The highest BCUT2D eigenvalue weighted by molar-refractivity contribution is 8.05. The molecule has 0 aromatic carbocycles. The van der Waals surface area contributed by atoms with Gasteiger partial charge < -0.3 is 9.66 Å². The van der Waals surface area contributed by atoms with Crippen molar-refractivity contribution >= 4 is 16.4 Å². The second-order valence-corrected chi connectivity index (χ2v) is 4.01. The van der Waals surface area contributed by atoms with Crippen molar-refractivity contribution in [3.05, 3.63) is 0 Å². The van der Waals surface area contributed by atoms with E-state index in [1.165, 1.54) is 4.90 Å². The Labute approximate surface area is 82.1 Å². The van der Waals surface area contributed by atoms with Crippen LogP contribution in [-0.2, 0) is 11.2 Å². The summed E-state index contributed by atoms with van der Waals surface area (Å²) in [6, 6.07) is 0. The summed E-state index contributed by atoms with van der Waals surface area (Å²) in [5.74, 6) is 0.256. The van der Waals surface area contributed by atoms with E-state index < -0.39 is 11.2 Å². The van der Waals surface area contributed by atoms with Crippen LogP contribution in [0.3, 0.4) is 0 Å². The molecule has 0 aliphatic heterocycles. The number of amides is 1. The maximum Gasteiger partial charge on any atom is 0.429 e. The lowest BCUT2D eigenvalue weighted by molar-refractivity contribution is 0.225. The summed E-state index contributed by atoms with van der Waals surface area (Å²) in [7, 11) is 0. The second-order valence-electron chi connectivity index (χ2n) is 2.57. The van der Waals surface area contributed by atoms with E-state index in [2.05, 4.69) is 0 Å². The molecule has 0 rings (SSSR count). The molecule has 0 heterocycles. The molecule has 0 aromatic heterocycles. The molecule has 0 radical (unpaired) electrons. The fourth-order valence-electron chi connectivity index (χ4n) is 0.909. The molecule has 0 fully saturated rings. The van der Waals surface area contributed by atoms with Crippen molar-refractivity contribution in [3.63, 3.8) is 0 Å². The third kappa shape index (κ3) is 4.50. The van der Waals surface area contributed by atoms with Gasteiger partial charge in [0.25, 0.3) is 0 Å². The number of aliphatic hydroxyl groups excluding tert-OH is 1. The lowest BCUT2D eigenvalue weighted by Crippen LogP contribution is -2.36. The number of rotatable bonds is 5. The highest BCUT2D eigenvalue weighted by Crippen LogP contribution is 2.02. The molecule has 1 unspecified atom stereocenters. The third-order valence-electron chi connectivity index (χ3n) is 1.70. The first-order valence-electron chi connectivity index (χ1n) is 4.45. The molecule has 4 nitrogen and oxygen atoms in total. The Balaban J connectivity index is 3.92. The van der Waals surface area contributed by atoms with Gasteiger partial charge in [0.1, 0.15) is 5.75 Å². The molecule has 13 heavy (non-hydrogen) atoms. The number of carbonyl (C=O) groups is 1. The van der Waals surface area contributed by atoms with E-state index in [4.69, 9.17) is 5.11 Å². The second kappa shape index (κ2) is 7.17. The molecule has 0 aliphatic rings. The molecule has 1 N–H and O–H groups in total. The molecule has 0 spiro atoms. The van der Waals surface area contributed by atoms with Crippen molar-refractivity contribution in [2.45, 2.75) is 20.3 Å². The lowest BCUT2D eigenvalue weighted by atomic mass is 10.5. The highest BCUT2D eigenvalue weighted by Gasteiger charge is 2.23.